The highest BCUT2D eigenvalue weighted by atomic mass is 16.1. The van der Waals surface area contributed by atoms with Gasteiger partial charge >= 0.3 is 0 Å². The Morgan fingerprint density at radius 2 is 1.95 bits per heavy atom. The molecule has 0 radical (unpaired) electrons. The Kier molecular flexibility index (Phi) is 5.15. The second kappa shape index (κ2) is 6.85. The molecule has 1 saturated carbocycles. The molecular weight excluding hydrogens is 234 g/mol. The number of ketones is 1. The van der Waals surface area contributed by atoms with Crippen LogP contribution in [0.3, 0.4) is 0 Å². The van der Waals surface area contributed by atoms with E-state index in [-0.39, 0.29) is 5.78 Å². The van der Waals surface area contributed by atoms with E-state index in [1.54, 1.807) is 0 Å². The van der Waals surface area contributed by atoms with Crippen LogP contribution < -0.4 is 0 Å². The molecule has 0 aliphatic heterocycles. The molecule has 104 valence electrons. The smallest absolute Gasteiger partial charge is 0.162 e. The lowest BCUT2D eigenvalue weighted by Crippen LogP contribution is -2.31. The summed E-state index contributed by atoms with van der Waals surface area (Å²) in [6.07, 6.45) is 4.35. The zero-order valence-corrected chi connectivity index (χ0v) is 12.1. The normalized spacial score (nSPS) is 15.2. The van der Waals surface area contributed by atoms with E-state index in [1.807, 2.05) is 30.3 Å². The van der Waals surface area contributed by atoms with Crippen LogP contribution in [-0.2, 0) is 0 Å². The van der Waals surface area contributed by atoms with Crippen LogP contribution in [0.5, 0.6) is 0 Å². The fraction of sp³-hybridized carbons (Fsp3) is 0.588. The highest BCUT2D eigenvalue weighted by molar-refractivity contribution is 5.95. The van der Waals surface area contributed by atoms with Gasteiger partial charge in [0.15, 0.2) is 5.78 Å². The fourth-order valence-electron chi connectivity index (χ4n) is 2.54. The van der Waals surface area contributed by atoms with Crippen LogP contribution in [0.1, 0.15) is 49.9 Å². The van der Waals surface area contributed by atoms with Crippen LogP contribution in [0.4, 0.5) is 0 Å². The van der Waals surface area contributed by atoms with Crippen molar-refractivity contribution in [3.8, 4) is 0 Å². The van der Waals surface area contributed by atoms with E-state index >= 15 is 0 Å². The number of nitrogens with zero attached hydrogens (tertiary/aromatic N) is 1. The second-order valence-corrected chi connectivity index (χ2v) is 6.01. The summed E-state index contributed by atoms with van der Waals surface area (Å²) in [5, 5.41) is 0. The van der Waals surface area contributed by atoms with E-state index in [4.69, 9.17) is 0 Å². The molecule has 2 rings (SSSR count). The standard InChI is InChI=1S/C17H25NO/c1-14(2)13-18(16-10-11-16)12-6-9-17(19)15-7-4-3-5-8-15/h3-5,7-8,14,16H,6,9-13H2,1-2H3. The van der Waals surface area contributed by atoms with E-state index in [0.717, 1.165) is 24.6 Å². The molecular formula is C17H25NO. The molecule has 2 heteroatoms. The Morgan fingerprint density at radius 3 is 2.53 bits per heavy atom. The molecule has 1 aliphatic carbocycles. The minimum atomic E-state index is 0.279. The molecule has 1 aromatic carbocycles. The van der Waals surface area contributed by atoms with Gasteiger partial charge in [-0.1, -0.05) is 44.2 Å². The summed E-state index contributed by atoms with van der Waals surface area (Å²) in [5.41, 5.74) is 0.851. The predicted octanol–water partition coefficient (Wildman–Crippen LogP) is 3.77. The van der Waals surface area contributed by atoms with Gasteiger partial charge in [-0.05, 0) is 31.7 Å². The monoisotopic (exact) mass is 259 g/mol. The van der Waals surface area contributed by atoms with E-state index in [1.165, 1.54) is 19.4 Å². The first-order chi connectivity index (χ1) is 9.16. The first kappa shape index (κ1) is 14.3. The SMILES string of the molecule is CC(C)CN(CCCC(=O)c1ccccc1)C1CC1. The number of carbonyl (C=O) groups excluding carboxylic acids is 1. The van der Waals surface area contributed by atoms with Crippen molar-refractivity contribution in [3.05, 3.63) is 35.9 Å². The summed E-state index contributed by atoms with van der Waals surface area (Å²) in [4.78, 5) is 14.6. The van der Waals surface area contributed by atoms with Crippen LogP contribution >= 0.6 is 0 Å². The third-order valence-electron chi connectivity index (χ3n) is 3.61. The van der Waals surface area contributed by atoms with Gasteiger partial charge in [-0.2, -0.15) is 0 Å². The zero-order valence-electron chi connectivity index (χ0n) is 12.1. The van der Waals surface area contributed by atoms with Crippen molar-refractivity contribution >= 4 is 5.78 Å². The average molecular weight is 259 g/mol. The summed E-state index contributed by atoms with van der Waals surface area (Å²) in [7, 11) is 0. The number of hydrogen-bond donors (Lipinski definition) is 0. The second-order valence-electron chi connectivity index (χ2n) is 6.01. The molecule has 0 saturated heterocycles. The molecule has 1 fully saturated rings. The number of rotatable bonds is 8. The summed E-state index contributed by atoms with van der Waals surface area (Å²) < 4.78 is 0. The average Bonchev–Trinajstić information content (AvgIpc) is 3.22. The van der Waals surface area contributed by atoms with Gasteiger partial charge in [0, 0.05) is 24.6 Å². The third-order valence-corrected chi connectivity index (χ3v) is 3.61. The van der Waals surface area contributed by atoms with Crippen molar-refractivity contribution in [2.45, 2.75) is 45.6 Å². The van der Waals surface area contributed by atoms with E-state index in [9.17, 15) is 4.79 Å². The maximum atomic E-state index is 12.0. The molecule has 0 N–H and O–H groups in total. The Morgan fingerprint density at radius 1 is 1.26 bits per heavy atom. The first-order valence-corrected chi connectivity index (χ1v) is 7.49. The Bertz CT molecular complexity index is 395. The maximum absolute atomic E-state index is 12.0. The van der Waals surface area contributed by atoms with Crippen molar-refractivity contribution in [1.82, 2.24) is 4.90 Å². The van der Waals surface area contributed by atoms with Gasteiger partial charge in [0.1, 0.15) is 0 Å². The minimum absolute atomic E-state index is 0.279. The number of benzene rings is 1. The summed E-state index contributed by atoms with van der Waals surface area (Å²) in [5.74, 6) is 0.992. The van der Waals surface area contributed by atoms with Gasteiger partial charge in [-0.3, -0.25) is 4.79 Å². The van der Waals surface area contributed by atoms with Crippen molar-refractivity contribution in [1.29, 1.82) is 0 Å². The topological polar surface area (TPSA) is 20.3 Å². The molecule has 0 amide bonds. The molecule has 0 bridgehead atoms. The lowest BCUT2D eigenvalue weighted by Gasteiger charge is -2.23. The predicted molar refractivity (Wildman–Crippen MR) is 79.4 cm³/mol. The van der Waals surface area contributed by atoms with Crippen molar-refractivity contribution in [2.75, 3.05) is 13.1 Å². The quantitative estimate of drug-likeness (QED) is 0.662. The van der Waals surface area contributed by atoms with Crippen molar-refractivity contribution < 1.29 is 4.79 Å². The lowest BCUT2D eigenvalue weighted by atomic mass is 10.1. The van der Waals surface area contributed by atoms with Crippen molar-refractivity contribution in [3.63, 3.8) is 0 Å². The molecule has 2 nitrogen and oxygen atoms in total. The number of hydrogen-bond acceptors (Lipinski definition) is 2. The van der Waals surface area contributed by atoms with Crippen molar-refractivity contribution in [2.24, 2.45) is 5.92 Å². The molecule has 1 aromatic rings. The summed E-state index contributed by atoms with van der Waals surface area (Å²) in [6, 6.07) is 10.4. The fourth-order valence-corrected chi connectivity index (χ4v) is 2.54. The minimum Gasteiger partial charge on any atom is -0.300 e. The van der Waals surface area contributed by atoms with Gasteiger partial charge in [-0.25, -0.2) is 0 Å². The molecule has 0 atom stereocenters. The highest BCUT2D eigenvalue weighted by Crippen LogP contribution is 2.27. The molecule has 19 heavy (non-hydrogen) atoms. The van der Waals surface area contributed by atoms with Gasteiger partial charge in [0.05, 0.1) is 0 Å². The third kappa shape index (κ3) is 4.79. The van der Waals surface area contributed by atoms with Crippen LogP contribution in [0.2, 0.25) is 0 Å². The number of Topliss-reactive ketones (excluding diaryl/α,β-unsaturated/α-hetero) is 1. The first-order valence-electron chi connectivity index (χ1n) is 7.49. The van der Waals surface area contributed by atoms with Gasteiger partial charge in [0.25, 0.3) is 0 Å². The van der Waals surface area contributed by atoms with Crippen LogP contribution in [0, 0.1) is 5.92 Å². The lowest BCUT2D eigenvalue weighted by molar-refractivity contribution is 0.0973. The Hall–Kier alpha value is -1.15. The van der Waals surface area contributed by atoms with Gasteiger partial charge in [0.2, 0.25) is 0 Å². The highest BCUT2D eigenvalue weighted by Gasteiger charge is 2.28. The van der Waals surface area contributed by atoms with E-state index in [2.05, 4.69) is 18.7 Å². The van der Waals surface area contributed by atoms with E-state index in [0.29, 0.717) is 12.3 Å². The van der Waals surface area contributed by atoms with Crippen LogP contribution in [0.25, 0.3) is 0 Å². The van der Waals surface area contributed by atoms with Gasteiger partial charge in [-0.15, -0.1) is 0 Å². The molecule has 0 aromatic heterocycles. The molecule has 1 aliphatic rings. The summed E-state index contributed by atoms with van der Waals surface area (Å²) in [6.45, 7) is 6.78. The van der Waals surface area contributed by atoms with Crippen LogP contribution in [0.15, 0.2) is 30.3 Å². The largest absolute Gasteiger partial charge is 0.300 e. The Balaban J connectivity index is 1.74. The maximum Gasteiger partial charge on any atom is 0.162 e. The molecule has 0 unspecified atom stereocenters. The molecule has 0 heterocycles. The van der Waals surface area contributed by atoms with E-state index < -0.39 is 0 Å². The van der Waals surface area contributed by atoms with Gasteiger partial charge < -0.3 is 4.90 Å². The Labute approximate surface area is 116 Å². The number of carbonyl (C=O) groups is 1. The zero-order chi connectivity index (χ0) is 13.7. The molecule has 0 spiro atoms. The summed E-state index contributed by atoms with van der Waals surface area (Å²) >= 11 is 0. The van der Waals surface area contributed by atoms with Crippen LogP contribution in [-0.4, -0.2) is 29.8 Å².